The number of carboxylic acid groups (broad SMARTS) is 1. The third-order valence-corrected chi connectivity index (χ3v) is 15.2. The topological polar surface area (TPSA) is 110 Å². The van der Waals surface area contributed by atoms with Crippen LogP contribution in [0.4, 0.5) is 4.39 Å². The van der Waals surface area contributed by atoms with Crippen molar-refractivity contribution in [1.82, 2.24) is 5.32 Å². The summed E-state index contributed by atoms with van der Waals surface area (Å²) in [4.78, 5) is 52.4. The molecule has 0 bridgehead atoms. The van der Waals surface area contributed by atoms with Gasteiger partial charge in [-0.15, -0.1) is 0 Å². The predicted octanol–water partition coefficient (Wildman–Crippen LogP) is 8.70. The van der Waals surface area contributed by atoms with Crippen molar-refractivity contribution in [3.63, 3.8) is 0 Å². The quantitative estimate of drug-likeness (QED) is 0.277. The molecule has 0 heterocycles. The van der Waals surface area contributed by atoms with Crippen LogP contribution in [0.25, 0.3) is 0 Å². The van der Waals surface area contributed by atoms with E-state index in [0.29, 0.717) is 18.3 Å². The van der Waals surface area contributed by atoms with Crippen LogP contribution in [0.1, 0.15) is 137 Å². The molecule has 1 amide bonds. The number of hydrogen-bond acceptors (Lipinski definition) is 5. The summed E-state index contributed by atoms with van der Waals surface area (Å²) in [6, 6.07) is 5.78. The number of carboxylic acids is 1. The van der Waals surface area contributed by atoms with Crippen molar-refractivity contribution >= 4 is 23.6 Å². The zero-order valence-electron chi connectivity index (χ0n) is 31.6. The first-order chi connectivity index (χ1) is 23.1. The van der Waals surface area contributed by atoms with Crippen molar-refractivity contribution in [1.29, 1.82) is 0 Å². The highest BCUT2D eigenvalue weighted by Gasteiger charge is 2.70. The maximum Gasteiger partial charge on any atom is 0.309 e. The second-order valence-electron chi connectivity index (χ2n) is 18.9. The van der Waals surface area contributed by atoms with Gasteiger partial charge in [0.1, 0.15) is 11.9 Å². The van der Waals surface area contributed by atoms with Gasteiger partial charge in [0, 0.05) is 17.4 Å². The van der Waals surface area contributed by atoms with Crippen LogP contribution in [0.2, 0.25) is 0 Å². The van der Waals surface area contributed by atoms with E-state index < -0.39 is 28.7 Å². The average molecular weight is 692 g/mol. The van der Waals surface area contributed by atoms with Crippen molar-refractivity contribution < 1.29 is 33.4 Å². The van der Waals surface area contributed by atoms with Crippen molar-refractivity contribution in [3.8, 4) is 0 Å². The molecule has 0 aliphatic heterocycles. The van der Waals surface area contributed by atoms with Gasteiger partial charge in [-0.3, -0.25) is 19.2 Å². The van der Waals surface area contributed by atoms with Gasteiger partial charge < -0.3 is 15.2 Å². The van der Waals surface area contributed by atoms with Crippen LogP contribution in [-0.4, -0.2) is 40.4 Å². The molecule has 1 aromatic rings. The van der Waals surface area contributed by atoms with Crippen LogP contribution in [-0.2, 0) is 19.1 Å². The Morgan fingerprint density at radius 3 is 2.30 bits per heavy atom. The van der Waals surface area contributed by atoms with Crippen molar-refractivity contribution in [2.24, 2.45) is 50.7 Å². The Labute approximate surface area is 297 Å². The Balaban J connectivity index is 1.30. The number of rotatable bonds is 7. The third-order valence-electron chi connectivity index (χ3n) is 15.2. The molecule has 8 atom stereocenters. The fraction of sp³-hybridized carbons (Fsp3) is 0.714. The summed E-state index contributed by atoms with van der Waals surface area (Å²) in [6.45, 7) is 19.2. The molecule has 8 heteroatoms. The molecule has 4 saturated carbocycles. The van der Waals surface area contributed by atoms with E-state index in [0.717, 1.165) is 56.1 Å². The van der Waals surface area contributed by atoms with Crippen LogP contribution < -0.4 is 5.32 Å². The lowest BCUT2D eigenvalue weighted by atomic mass is 9.33. The van der Waals surface area contributed by atoms with E-state index >= 15 is 0 Å². The van der Waals surface area contributed by atoms with Gasteiger partial charge in [-0.05, 0) is 134 Å². The fourth-order valence-corrected chi connectivity index (χ4v) is 12.5. The predicted molar refractivity (Wildman–Crippen MR) is 190 cm³/mol. The smallest absolute Gasteiger partial charge is 0.309 e. The molecular weight excluding hydrogens is 633 g/mol. The van der Waals surface area contributed by atoms with Crippen LogP contribution in [0, 0.1) is 56.6 Å². The summed E-state index contributed by atoms with van der Waals surface area (Å²) in [5.74, 6) is -1.16. The van der Waals surface area contributed by atoms with E-state index in [1.54, 1.807) is 26.0 Å². The minimum atomic E-state index is -1.18. The number of Topliss-reactive ketones (excluding diaryl/α,β-unsaturated/α-hetero) is 1. The number of aliphatic carboxylic acids is 1. The van der Waals surface area contributed by atoms with Crippen LogP contribution in [0.15, 0.2) is 35.4 Å². The monoisotopic (exact) mass is 691 g/mol. The maximum atomic E-state index is 14.1. The molecular formula is C42H58FNO6. The highest BCUT2D eigenvalue weighted by molar-refractivity contribution is 6.03. The normalized spacial score (nSPS) is 37.7. The highest BCUT2D eigenvalue weighted by Crippen LogP contribution is 2.76. The number of carbonyl (C=O) groups is 4. The fourth-order valence-electron chi connectivity index (χ4n) is 12.5. The molecule has 7 nitrogen and oxygen atoms in total. The molecule has 5 aliphatic carbocycles. The minimum Gasteiger partial charge on any atom is -0.481 e. The lowest BCUT2D eigenvalue weighted by Crippen LogP contribution is -2.67. The summed E-state index contributed by atoms with van der Waals surface area (Å²) in [7, 11) is 0. The van der Waals surface area contributed by atoms with Gasteiger partial charge in [0.2, 0.25) is 0 Å². The Kier molecular flexibility index (Phi) is 8.83. The first-order valence-corrected chi connectivity index (χ1v) is 18.9. The van der Waals surface area contributed by atoms with E-state index in [4.69, 9.17) is 4.74 Å². The minimum absolute atomic E-state index is 0.00821. The average Bonchev–Trinajstić information content (AvgIpc) is 3.30. The van der Waals surface area contributed by atoms with E-state index in [9.17, 15) is 28.7 Å². The van der Waals surface area contributed by atoms with Crippen molar-refractivity contribution in [2.45, 2.75) is 138 Å². The number of ether oxygens (including phenoxy) is 1. The second-order valence-corrected chi connectivity index (χ2v) is 18.9. The summed E-state index contributed by atoms with van der Waals surface area (Å²) >= 11 is 0. The Bertz CT molecular complexity index is 1640. The van der Waals surface area contributed by atoms with E-state index in [1.807, 2.05) is 0 Å². The van der Waals surface area contributed by atoms with Crippen molar-refractivity contribution in [3.05, 3.63) is 46.8 Å². The number of allylic oxidation sites excluding steroid dienone is 1. The lowest BCUT2D eigenvalue weighted by molar-refractivity contribution is -0.232. The van der Waals surface area contributed by atoms with Gasteiger partial charge in [0.15, 0.2) is 5.78 Å². The van der Waals surface area contributed by atoms with Crippen LogP contribution >= 0.6 is 0 Å². The number of amides is 1. The van der Waals surface area contributed by atoms with E-state index in [2.05, 4.69) is 53.8 Å². The van der Waals surface area contributed by atoms with E-state index in [1.165, 1.54) is 12.1 Å². The number of ketones is 1. The van der Waals surface area contributed by atoms with Crippen molar-refractivity contribution in [2.75, 3.05) is 0 Å². The highest BCUT2D eigenvalue weighted by atomic mass is 19.1. The molecule has 5 aliphatic rings. The van der Waals surface area contributed by atoms with E-state index in [-0.39, 0.29) is 69.7 Å². The maximum absolute atomic E-state index is 14.1. The van der Waals surface area contributed by atoms with Gasteiger partial charge in [-0.25, -0.2) is 4.39 Å². The molecule has 50 heavy (non-hydrogen) atoms. The number of carbonyl (C=O) groups excluding carboxylic acids is 3. The van der Waals surface area contributed by atoms with Gasteiger partial charge >= 0.3 is 11.9 Å². The number of fused-ring (bicyclic) bond motifs is 7. The Morgan fingerprint density at radius 1 is 0.960 bits per heavy atom. The largest absolute Gasteiger partial charge is 0.481 e. The van der Waals surface area contributed by atoms with Gasteiger partial charge in [0.25, 0.3) is 5.91 Å². The molecule has 4 fully saturated rings. The molecule has 0 aromatic heterocycles. The standard InChI is InChI=1S/C42H58FNO6/c1-24(2)33-28(45)22-42(44-35(47)25-11-10-12-26(43)21-25)20-19-40(8)27(34(33)42)13-14-30-39(7)17-16-31(50-32(46)23-37(3,4)36(48)49)38(5,6)29(39)15-18-41(30,40)9/h10-12,21,24,27,29-31H,13-20,22-23H2,1-9H3,(H,44,47)(H,48,49)/t27-,29+,30-,31+,39+,40-,41-,42-/m1/s1. The molecule has 0 spiro atoms. The van der Waals surface area contributed by atoms with Gasteiger partial charge in [-0.2, -0.15) is 0 Å². The number of benzene rings is 1. The van der Waals surface area contributed by atoms with Gasteiger partial charge in [-0.1, -0.05) is 54.5 Å². The Morgan fingerprint density at radius 2 is 1.66 bits per heavy atom. The molecule has 0 radical (unpaired) electrons. The van der Waals surface area contributed by atoms with Gasteiger partial charge in [0.05, 0.1) is 17.4 Å². The van der Waals surface area contributed by atoms with Crippen LogP contribution in [0.3, 0.4) is 0 Å². The lowest BCUT2D eigenvalue weighted by Gasteiger charge is -2.72. The van der Waals surface area contributed by atoms with Crippen LogP contribution in [0.5, 0.6) is 0 Å². The second kappa shape index (κ2) is 12.0. The summed E-state index contributed by atoms with van der Waals surface area (Å²) < 4.78 is 20.3. The summed E-state index contributed by atoms with van der Waals surface area (Å²) in [6.07, 6.45) is 7.09. The number of esters is 1. The summed E-state index contributed by atoms with van der Waals surface area (Å²) in [5.41, 5.74) is 0.0124. The molecule has 0 unspecified atom stereocenters. The molecule has 6 rings (SSSR count). The number of halogens is 1. The number of hydrogen-bond donors (Lipinski definition) is 2. The first-order valence-electron chi connectivity index (χ1n) is 18.9. The molecule has 2 N–H and O–H groups in total. The number of nitrogens with one attached hydrogen (secondary N) is 1. The SMILES string of the molecule is CC(C)C1=C2[C@H]3CC[C@@H]4[C@@]5(C)CC[C@H](OC(=O)CC(C)(C)C(=O)O)C(C)(C)[C@@H]5CC[C@@]4(C)[C@]3(C)CC[C@@]2(NC(=O)c2cccc(F)c2)CC1=O. The third kappa shape index (κ3) is 5.39. The Hall–Kier alpha value is -3.03. The first kappa shape index (κ1) is 36.8. The molecule has 1 aromatic carbocycles. The molecule has 274 valence electrons. The zero-order valence-corrected chi connectivity index (χ0v) is 31.6. The summed E-state index contributed by atoms with van der Waals surface area (Å²) in [5, 5.41) is 12.9. The molecule has 0 saturated heterocycles. The zero-order chi connectivity index (χ0) is 36.8.